The number of carbonyl (C=O) groups is 1. The van der Waals surface area contributed by atoms with E-state index in [0.29, 0.717) is 32.1 Å². The van der Waals surface area contributed by atoms with Gasteiger partial charge in [0.25, 0.3) is 5.91 Å². The number of aromatic nitrogens is 1. The van der Waals surface area contributed by atoms with Crippen LogP contribution in [0, 0.1) is 0 Å². The molecule has 2 aromatic heterocycles. The topological polar surface area (TPSA) is 55.1 Å². The zero-order valence-corrected chi connectivity index (χ0v) is 18.7. The lowest BCUT2D eigenvalue weighted by molar-refractivity contribution is 0.103. The second-order valence-electron chi connectivity index (χ2n) is 7.06. The Bertz CT molecular complexity index is 1460. The Morgan fingerprint density at radius 2 is 1.94 bits per heavy atom. The maximum Gasteiger partial charge on any atom is 0.267 e. The Hall–Kier alpha value is -2.86. The van der Waals surface area contributed by atoms with Crippen LogP contribution in [0.25, 0.3) is 32.6 Å². The van der Waals surface area contributed by atoms with Crippen molar-refractivity contribution in [2.45, 2.75) is 13.3 Å². The summed E-state index contributed by atoms with van der Waals surface area (Å²) < 4.78 is 6.87. The summed E-state index contributed by atoms with van der Waals surface area (Å²) in [4.78, 5) is 18.0. The van der Waals surface area contributed by atoms with Crippen LogP contribution in [0.15, 0.2) is 65.1 Å². The average Bonchev–Trinajstić information content (AvgIpc) is 3.36. The van der Waals surface area contributed by atoms with Crippen molar-refractivity contribution in [1.82, 2.24) is 4.98 Å². The van der Waals surface area contributed by atoms with E-state index in [1.807, 2.05) is 48.5 Å². The van der Waals surface area contributed by atoms with Gasteiger partial charge in [-0.2, -0.15) is 0 Å². The number of thiophene rings is 1. The van der Waals surface area contributed by atoms with Crippen molar-refractivity contribution in [2.24, 2.45) is 0 Å². The molecule has 2 heterocycles. The Balaban J connectivity index is 1.48. The summed E-state index contributed by atoms with van der Waals surface area (Å²) in [5.41, 5.74) is 3.89. The van der Waals surface area contributed by atoms with Crippen molar-refractivity contribution in [2.75, 3.05) is 5.32 Å². The number of fused-ring (bicyclic) bond motifs is 2. The van der Waals surface area contributed by atoms with Crippen molar-refractivity contribution in [1.29, 1.82) is 0 Å². The predicted molar refractivity (Wildman–Crippen MR) is 129 cm³/mol. The first kappa shape index (κ1) is 20.1. The van der Waals surface area contributed by atoms with Gasteiger partial charge in [-0.3, -0.25) is 4.79 Å². The van der Waals surface area contributed by atoms with Gasteiger partial charge in [0.15, 0.2) is 5.58 Å². The van der Waals surface area contributed by atoms with Crippen LogP contribution in [0.4, 0.5) is 5.69 Å². The molecule has 0 aliphatic heterocycles. The highest BCUT2D eigenvalue weighted by molar-refractivity contribution is 7.21. The van der Waals surface area contributed by atoms with Crippen LogP contribution in [0.1, 0.15) is 22.2 Å². The smallest absolute Gasteiger partial charge is 0.267 e. The summed E-state index contributed by atoms with van der Waals surface area (Å²) in [6.45, 7) is 2.10. The first-order valence-electron chi connectivity index (χ1n) is 9.71. The lowest BCUT2D eigenvalue weighted by atomic mass is 10.1. The van der Waals surface area contributed by atoms with Crippen molar-refractivity contribution in [3.05, 3.63) is 81.1 Å². The van der Waals surface area contributed by atoms with E-state index in [2.05, 4.69) is 17.2 Å². The van der Waals surface area contributed by atoms with Crippen molar-refractivity contribution < 1.29 is 9.21 Å². The van der Waals surface area contributed by atoms with Gasteiger partial charge in [0.1, 0.15) is 10.4 Å². The fraction of sp³-hybridized carbons (Fsp3) is 0.0833. The fourth-order valence-corrected chi connectivity index (χ4v) is 4.99. The summed E-state index contributed by atoms with van der Waals surface area (Å²) in [5, 5.41) is 4.59. The third-order valence-electron chi connectivity index (χ3n) is 5.06. The minimum absolute atomic E-state index is 0.310. The molecule has 0 fully saturated rings. The molecule has 5 rings (SSSR count). The van der Waals surface area contributed by atoms with E-state index in [-0.39, 0.29) is 5.91 Å². The van der Waals surface area contributed by atoms with Gasteiger partial charge < -0.3 is 9.73 Å². The maximum absolute atomic E-state index is 12.9. The molecule has 154 valence electrons. The normalized spacial score (nSPS) is 11.3. The molecule has 0 spiro atoms. The zero-order chi connectivity index (χ0) is 21.5. The minimum atomic E-state index is -0.310. The number of hydrogen-bond donors (Lipinski definition) is 1. The largest absolute Gasteiger partial charge is 0.436 e. The van der Waals surface area contributed by atoms with Crippen LogP contribution < -0.4 is 5.32 Å². The molecule has 3 aromatic carbocycles. The molecule has 0 unspecified atom stereocenters. The van der Waals surface area contributed by atoms with E-state index in [0.717, 1.165) is 27.6 Å². The molecule has 0 atom stereocenters. The number of nitrogens with one attached hydrogen (secondary N) is 1. The Kier molecular flexibility index (Phi) is 5.18. The molecule has 4 nitrogen and oxygen atoms in total. The van der Waals surface area contributed by atoms with E-state index in [4.69, 9.17) is 27.6 Å². The number of nitrogens with zero attached hydrogens (tertiary/aromatic N) is 1. The summed E-state index contributed by atoms with van der Waals surface area (Å²) >= 11 is 14.1. The molecular weight excluding hydrogens is 451 g/mol. The highest BCUT2D eigenvalue weighted by atomic mass is 35.5. The quantitative estimate of drug-likeness (QED) is 0.293. The second-order valence-corrected chi connectivity index (χ2v) is 8.90. The highest BCUT2D eigenvalue weighted by Gasteiger charge is 2.19. The lowest BCUT2D eigenvalue weighted by Gasteiger charge is -2.08. The van der Waals surface area contributed by atoms with E-state index in [9.17, 15) is 4.79 Å². The van der Waals surface area contributed by atoms with Gasteiger partial charge in [0.05, 0.1) is 15.7 Å². The average molecular weight is 467 g/mol. The maximum atomic E-state index is 12.9. The molecule has 5 aromatic rings. The van der Waals surface area contributed by atoms with Crippen LogP contribution in [-0.2, 0) is 6.42 Å². The number of halogens is 2. The monoisotopic (exact) mass is 466 g/mol. The van der Waals surface area contributed by atoms with Crippen molar-refractivity contribution in [3.63, 3.8) is 0 Å². The molecule has 0 radical (unpaired) electrons. The molecule has 0 aliphatic carbocycles. The number of carbonyl (C=O) groups excluding carboxylic acids is 1. The second kappa shape index (κ2) is 8.00. The highest BCUT2D eigenvalue weighted by Crippen LogP contribution is 2.36. The number of hydrogen-bond acceptors (Lipinski definition) is 4. The van der Waals surface area contributed by atoms with Crippen LogP contribution in [-0.4, -0.2) is 10.9 Å². The van der Waals surface area contributed by atoms with Gasteiger partial charge in [0, 0.05) is 15.6 Å². The first-order chi connectivity index (χ1) is 15.0. The van der Waals surface area contributed by atoms with Gasteiger partial charge in [-0.05, 0) is 48.4 Å². The fourth-order valence-electron chi connectivity index (χ4n) is 3.41. The number of rotatable bonds is 4. The Morgan fingerprint density at radius 3 is 2.74 bits per heavy atom. The molecule has 0 aliphatic rings. The van der Waals surface area contributed by atoms with Gasteiger partial charge in [-0.1, -0.05) is 54.4 Å². The summed E-state index contributed by atoms with van der Waals surface area (Å²) in [7, 11) is 0. The first-order valence-corrected chi connectivity index (χ1v) is 11.3. The predicted octanol–water partition coefficient (Wildman–Crippen LogP) is 7.83. The number of benzene rings is 3. The van der Waals surface area contributed by atoms with Crippen LogP contribution in [0.3, 0.4) is 0 Å². The Labute approximate surface area is 192 Å². The number of anilines is 1. The lowest BCUT2D eigenvalue weighted by Crippen LogP contribution is -2.11. The van der Waals surface area contributed by atoms with E-state index in [1.165, 1.54) is 16.9 Å². The number of aryl methyl sites for hydroxylation is 1. The van der Waals surface area contributed by atoms with Crippen LogP contribution in [0.5, 0.6) is 0 Å². The summed E-state index contributed by atoms with van der Waals surface area (Å²) in [6.07, 6.45) is 0.926. The standard InChI is InChI=1S/C24H16Cl2N2O2S/c1-2-13-7-10-19-18(11-13)28-24(30-19)14-8-9-16(25)17(12-14)27-23(29)22-21(26)15-5-3-4-6-20(15)31-22/h3-12H,2H2,1H3,(H,27,29). The Morgan fingerprint density at radius 1 is 1.10 bits per heavy atom. The van der Waals surface area contributed by atoms with Crippen LogP contribution >= 0.6 is 34.5 Å². The molecule has 1 N–H and O–H groups in total. The van der Waals surface area contributed by atoms with Gasteiger partial charge >= 0.3 is 0 Å². The molecule has 0 saturated heterocycles. The van der Waals surface area contributed by atoms with E-state index >= 15 is 0 Å². The molecule has 7 heteroatoms. The van der Waals surface area contributed by atoms with Gasteiger partial charge in [0.2, 0.25) is 5.89 Å². The van der Waals surface area contributed by atoms with E-state index < -0.39 is 0 Å². The number of oxazole rings is 1. The molecular formula is C24H16Cl2N2O2S. The summed E-state index contributed by atoms with van der Waals surface area (Å²) in [5.74, 6) is 0.158. The number of amides is 1. The minimum Gasteiger partial charge on any atom is -0.436 e. The summed E-state index contributed by atoms with van der Waals surface area (Å²) in [6, 6.07) is 18.9. The van der Waals surface area contributed by atoms with E-state index in [1.54, 1.807) is 12.1 Å². The molecule has 31 heavy (non-hydrogen) atoms. The van der Waals surface area contributed by atoms with Crippen molar-refractivity contribution in [3.8, 4) is 11.5 Å². The van der Waals surface area contributed by atoms with Crippen LogP contribution in [0.2, 0.25) is 10.0 Å². The third-order valence-corrected chi connectivity index (χ3v) is 7.07. The SMILES string of the molecule is CCc1ccc2oc(-c3ccc(Cl)c(NC(=O)c4sc5ccccc5c4Cl)c3)nc2c1. The third kappa shape index (κ3) is 3.69. The zero-order valence-electron chi connectivity index (χ0n) is 16.4. The molecule has 0 saturated carbocycles. The van der Waals surface area contributed by atoms with Gasteiger partial charge in [-0.15, -0.1) is 11.3 Å². The van der Waals surface area contributed by atoms with Crippen molar-refractivity contribution >= 4 is 67.3 Å². The van der Waals surface area contributed by atoms with Gasteiger partial charge in [-0.25, -0.2) is 4.98 Å². The molecule has 1 amide bonds. The molecule has 0 bridgehead atoms.